The molecule has 4 rings (SSSR count). The number of rotatable bonds is 4. The molecule has 1 heterocycles. The maximum atomic E-state index is 13.4. The van der Waals surface area contributed by atoms with Crippen LogP contribution in [0, 0.1) is 11.3 Å². The summed E-state index contributed by atoms with van der Waals surface area (Å²) < 4.78 is 39.5. The van der Waals surface area contributed by atoms with Gasteiger partial charge in [-0.1, -0.05) is 44.5 Å². The summed E-state index contributed by atoms with van der Waals surface area (Å²) in [6, 6.07) is 11.0. The Kier molecular flexibility index (Phi) is 7.21. The minimum atomic E-state index is -4.53. The number of nitrogens with one attached hydrogen (secondary N) is 2. The Morgan fingerprint density at radius 2 is 1.72 bits per heavy atom. The molecule has 0 radical (unpaired) electrons. The molecule has 190 valence electrons. The number of anilines is 2. The summed E-state index contributed by atoms with van der Waals surface area (Å²) in [7, 11) is 0. The van der Waals surface area contributed by atoms with E-state index in [2.05, 4.69) is 31.4 Å². The molecule has 0 saturated heterocycles. The van der Waals surface area contributed by atoms with Gasteiger partial charge in [-0.15, -0.1) is 11.3 Å². The van der Waals surface area contributed by atoms with Gasteiger partial charge in [-0.2, -0.15) is 13.2 Å². The zero-order valence-corrected chi connectivity index (χ0v) is 21.6. The van der Waals surface area contributed by atoms with E-state index in [0.29, 0.717) is 33.5 Å². The summed E-state index contributed by atoms with van der Waals surface area (Å²) in [5, 5.41) is 6.24. The van der Waals surface area contributed by atoms with Crippen LogP contribution in [-0.2, 0) is 19.0 Å². The first kappa shape index (κ1) is 26.2. The van der Waals surface area contributed by atoms with E-state index in [0.717, 1.165) is 35.4 Å². The number of amides is 2. The number of thiophene rings is 1. The first-order chi connectivity index (χ1) is 16.8. The molecule has 0 spiro atoms. The van der Waals surface area contributed by atoms with Gasteiger partial charge >= 0.3 is 6.18 Å². The second-order valence-corrected chi connectivity index (χ2v) is 11.6. The minimum absolute atomic E-state index is 0.0327. The van der Waals surface area contributed by atoms with E-state index in [4.69, 9.17) is 11.6 Å². The second-order valence-electron chi connectivity index (χ2n) is 10.0. The first-order valence-electron chi connectivity index (χ1n) is 11.5. The molecule has 1 atom stereocenters. The van der Waals surface area contributed by atoms with Crippen molar-refractivity contribution in [3.63, 3.8) is 0 Å². The van der Waals surface area contributed by atoms with Crippen LogP contribution in [0.1, 0.15) is 63.9 Å². The summed E-state index contributed by atoms with van der Waals surface area (Å²) in [6.45, 7) is 6.54. The predicted octanol–water partition coefficient (Wildman–Crippen LogP) is 8.08. The molecule has 2 N–H and O–H groups in total. The number of carbonyl (C=O) groups is 2. The van der Waals surface area contributed by atoms with Crippen molar-refractivity contribution < 1.29 is 22.8 Å². The molecular weight excluding hydrogens is 509 g/mol. The Balaban J connectivity index is 1.69. The number of carbonyl (C=O) groups excluding carboxylic acids is 2. The molecule has 0 aliphatic heterocycles. The van der Waals surface area contributed by atoms with Crippen LogP contribution in [0.25, 0.3) is 0 Å². The Labute approximate surface area is 216 Å². The highest BCUT2D eigenvalue weighted by Crippen LogP contribution is 2.44. The smallest absolute Gasteiger partial charge is 0.322 e. The lowest BCUT2D eigenvalue weighted by atomic mass is 9.72. The van der Waals surface area contributed by atoms with Crippen molar-refractivity contribution in [1.82, 2.24) is 0 Å². The summed E-state index contributed by atoms with van der Waals surface area (Å²) in [4.78, 5) is 27.4. The van der Waals surface area contributed by atoms with Gasteiger partial charge in [-0.05, 0) is 72.6 Å². The van der Waals surface area contributed by atoms with Gasteiger partial charge in [-0.3, -0.25) is 9.59 Å². The predicted molar refractivity (Wildman–Crippen MR) is 138 cm³/mol. The van der Waals surface area contributed by atoms with Gasteiger partial charge in [0.2, 0.25) is 0 Å². The summed E-state index contributed by atoms with van der Waals surface area (Å²) in [6.07, 6.45) is -2.24. The van der Waals surface area contributed by atoms with E-state index in [1.165, 1.54) is 29.5 Å². The molecule has 1 aromatic heterocycles. The molecule has 1 unspecified atom stereocenters. The molecular formula is C27H26ClF3N2O2S. The molecule has 0 bridgehead atoms. The van der Waals surface area contributed by atoms with Crippen LogP contribution in [-0.4, -0.2) is 11.8 Å². The van der Waals surface area contributed by atoms with Crippen LogP contribution in [0.5, 0.6) is 0 Å². The van der Waals surface area contributed by atoms with Gasteiger partial charge in [0, 0.05) is 21.2 Å². The summed E-state index contributed by atoms with van der Waals surface area (Å²) >= 11 is 7.38. The van der Waals surface area contributed by atoms with Crippen molar-refractivity contribution in [3.8, 4) is 0 Å². The highest BCUT2D eigenvalue weighted by atomic mass is 35.5. The largest absolute Gasteiger partial charge is 0.416 e. The Morgan fingerprint density at radius 1 is 1.00 bits per heavy atom. The quantitative estimate of drug-likeness (QED) is 0.355. The number of hydrogen-bond acceptors (Lipinski definition) is 3. The van der Waals surface area contributed by atoms with E-state index in [-0.39, 0.29) is 11.1 Å². The third kappa shape index (κ3) is 5.76. The third-order valence-electron chi connectivity index (χ3n) is 6.48. The topological polar surface area (TPSA) is 58.2 Å². The van der Waals surface area contributed by atoms with E-state index in [9.17, 15) is 22.8 Å². The molecule has 3 aromatic rings. The van der Waals surface area contributed by atoms with E-state index < -0.39 is 23.6 Å². The molecule has 1 aliphatic rings. The maximum absolute atomic E-state index is 13.4. The van der Waals surface area contributed by atoms with Crippen molar-refractivity contribution in [1.29, 1.82) is 0 Å². The monoisotopic (exact) mass is 534 g/mol. The number of alkyl halides is 3. The second kappa shape index (κ2) is 9.90. The molecule has 2 aromatic carbocycles. The molecule has 1 aliphatic carbocycles. The molecule has 0 fully saturated rings. The van der Waals surface area contributed by atoms with Gasteiger partial charge in [-0.25, -0.2) is 0 Å². The van der Waals surface area contributed by atoms with Crippen molar-refractivity contribution in [3.05, 3.63) is 80.7 Å². The van der Waals surface area contributed by atoms with Gasteiger partial charge in [0.05, 0.1) is 11.1 Å². The SMILES string of the molecule is CC(C)(C)C1CCc2c(sc(NC(=O)c3cccc(Cl)c3)c2C(=O)Nc2cccc(C(F)(F)F)c2)C1. The standard InChI is InChI=1S/C27H26ClF3N2O2S/c1-26(2,3)16-10-11-20-21(14-16)36-25(33-23(34)15-6-4-8-18(28)12-15)22(20)24(35)32-19-9-5-7-17(13-19)27(29,30)31/h4-9,12-13,16H,10-11,14H2,1-3H3,(H,32,35)(H,33,34). The first-order valence-corrected chi connectivity index (χ1v) is 12.7. The zero-order valence-electron chi connectivity index (χ0n) is 20.1. The van der Waals surface area contributed by atoms with Crippen LogP contribution in [0.3, 0.4) is 0 Å². The van der Waals surface area contributed by atoms with Crippen molar-refractivity contribution >= 4 is 45.4 Å². The van der Waals surface area contributed by atoms with Crippen LogP contribution in [0.2, 0.25) is 5.02 Å². The maximum Gasteiger partial charge on any atom is 0.416 e. The molecule has 0 saturated carbocycles. The zero-order chi connectivity index (χ0) is 26.3. The van der Waals surface area contributed by atoms with Gasteiger partial charge < -0.3 is 10.6 Å². The fourth-order valence-electron chi connectivity index (χ4n) is 4.43. The van der Waals surface area contributed by atoms with Crippen LogP contribution in [0.4, 0.5) is 23.9 Å². The average molecular weight is 535 g/mol. The van der Waals surface area contributed by atoms with E-state index in [1.54, 1.807) is 18.2 Å². The van der Waals surface area contributed by atoms with Gasteiger partial charge in [0.1, 0.15) is 5.00 Å². The number of benzene rings is 2. The van der Waals surface area contributed by atoms with Crippen LogP contribution >= 0.6 is 22.9 Å². The highest BCUT2D eigenvalue weighted by Gasteiger charge is 2.35. The van der Waals surface area contributed by atoms with Crippen molar-refractivity contribution in [2.45, 2.75) is 46.2 Å². The fourth-order valence-corrected chi connectivity index (χ4v) is 5.94. The van der Waals surface area contributed by atoms with Gasteiger partial charge in [0.15, 0.2) is 0 Å². The normalized spacial score (nSPS) is 15.8. The van der Waals surface area contributed by atoms with E-state index in [1.807, 2.05) is 0 Å². The lowest BCUT2D eigenvalue weighted by molar-refractivity contribution is -0.137. The Bertz CT molecular complexity index is 1310. The van der Waals surface area contributed by atoms with Gasteiger partial charge in [0.25, 0.3) is 11.8 Å². The molecule has 4 nitrogen and oxygen atoms in total. The third-order valence-corrected chi connectivity index (χ3v) is 7.88. The molecule has 2 amide bonds. The lowest BCUT2D eigenvalue weighted by Crippen LogP contribution is -2.27. The van der Waals surface area contributed by atoms with E-state index >= 15 is 0 Å². The van der Waals surface area contributed by atoms with Crippen molar-refractivity contribution in [2.75, 3.05) is 10.6 Å². The summed E-state index contributed by atoms with van der Waals surface area (Å²) in [5.41, 5.74) is 0.736. The number of fused-ring (bicyclic) bond motifs is 1. The Hall–Kier alpha value is -2.84. The fraction of sp³-hybridized carbons (Fsp3) is 0.333. The number of halogens is 4. The Morgan fingerprint density at radius 3 is 2.39 bits per heavy atom. The minimum Gasteiger partial charge on any atom is -0.322 e. The molecule has 9 heteroatoms. The summed E-state index contributed by atoms with van der Waals surface area (Å²) in [5.74, 6) is -0.571. The van der Waals surface area contributed by atoms with Crippen LogP contribution in [0.15, 0.2) is 48.5 Å². The van der Waals surface area contributed by atoms with Crippen LogP contribution < -0.4 is 10.6 Å². The number of hydrogen-bond donors (Lipinski definition) is 2. The van der Waals surface area contributed by atoms with Crippen molar-refractivity contribution in [2.24, 2.45) is 11.3 Å². The average Bonchev–Trinajstić information content (AvgIpc) is 3.15. The highest BCUT2D eigenvalue weighted by molar-refractivity contribution is 7.17. The molecule has 36 heavy (non-hydrogen) atoms. The lowest BCUT2D eigenvalue weighted by Gasteiger charge is -2.33.